The lowest BCUT2D eigenvalue weighted by atomic mass is 10.1. The maximum Gasteiger partial charge on any atom is 0.251 e. The summed E-state index contributed by atoms with van der Waals surface area (Å²) >= 11 is 6.52. The van der Waals surface area contributed by atoms with E-state index in [1.54, 1.807) is 0 Å². The molecule has 0 aromatic rings. The van der Waals surface area contributed by atoms with E-state index < -0.39 is 0 Å². The van der Waals surface area contributed by atoms with Gasteiger partial charge in [0.1, 0.15) is 0 Å². The van der Waals surface area contributed by atoms with Crippen molar-refractivity contribution in [2.24, 2.45) is 0 Å². The third-order valence-electron chi connectivity index (χ3n) is 1.86. The average molecular weight is 309 g/mol. The molecule has 2 nitrogen and oxygen atoms in total. The molecule has 0 aliphatic carbocycles. The smallest absolute Gasteiger partial charge is 0.251 e. The van der Waals surface area contributed by atoms with E-state index in [1.165, 1.54) is 0 Å². The quantitative estimate of drug-likeness (QED) is 0.852. The van der Waals surface area contributed by atoms with Crippen molar-refractivity contribution in [2.45, 2.75) is 26.2 Å². The first-order chi connectivity index (χ1) is 6.15. The van der Waals surface area contributed by atoms with E-state index in [2.05, 4.69) is 44.1 Å². The van der Waals surface area contributed by atoms with Crippen molar-refractivity contribution < 1.29 is 4.79 Å². The normalized spacial score (nSPS) is 15.8. The maximum absolute atomic E-state index is 11.3. The Morgan fingerprint density at radius 2 is 2.23 bits per heavy atom. The van der Waals surface area contributed by atoms with E-state index >= 15 is 0 Å². The topological polar surface area (TPSA) is 29.1 Å². The molecule has 72 valence electrons. The largest absolute Gasteiger partial charge is 0.321 e. The van der Waals surface area contributed by atoms with Crippen molar-refractivity contribution in [3.8, 4) is 0 Å². The van der Waals surface area contributed by atoms with Crippen LogP contribution >= 0.6 is 31.9 Å². The van der Waals surface area contributed by atoms with Crippen molar-refractivity contribution in [2.75, 3.05) is 0 Å². The molecule has 0 saturated carbocycles. The van der Waals surface area contributed by atoms with Crippen molar-refractivity contribution >= 4 is 37.8 Å². The fourth-order valence-electron chi connectivity index (χ4n) is 1.13. The van der Waals surface area contributed by atoms with Gasteiger partial charge in [-0.15, -0.1) is 0 Å². The molecule has 1 aliphatic heterocycles. The van der Waals surface area contributed by atoms with Crippen molar-refractivity contribution in [3.63, 3.8) is 0 Å². The van der Waals surface area contributed by atoms with Crippen LogP contribution in [0.25, 0.3) is 0 Å². The highest BCUT2D eigenvalue weighted by molar-refractivity contribution is 9.28. The van der Waals surface area contributed by atoms with Crippen LogP contribution in [-0.2, 0) is 4.79 Å². The summed E-state index contributed by atoms with van der Waals surface area (Å²) in [6, 6.07) is 0. The summed E-state index contributed by atoms with van der Waals surface area (Å²) in [5.74, 6) is 0.0276. The SMILES string of the molecule is CCCCC1=CC(=C(Br)Br)NC1=O. The fraction of sp³-hybridized carbons (Fsp3) is 0.444. The van der Waals surface area contributed by atoms with Gasteiger partial charge in [0, 0.05) is 5.57 Å². The molecular weight excluding hydrogens is 298 g/mol. The predicted molar refractivity (Wildman–Crippen MR) is 60.6 cm³/mol. The van der Waals surface area contributed by atoms with Gasteiger partial charge in [0.25, 0.3) is 5.91 Å². The molecule has 0 saturated heterocycles. The highest BCUT2D eigenvalue weighted by atomic mass is 79.9. The standard InChI is InChI=1S/C9H11Br2NO/c1-2-3-4-6-5-7(8(10)11)12-9(6)13/h5H,2-4H2,1H3,(H,12,13). The van der Waals surface area contributed by atoms with Gasteiger partial charge in [-0.3, -0.25) is 4.79 Å². The van der Waals surface area contributed by atoms with Crippen LogP contribution in [0.5, 0.6) is 0 Å². The van der Waals surface area contributed by atoms with Crippen molar-refractivity contribution in [3.05, 3.63) is 20.7 Å². The maximum atomic E-state index is 11.3. The number of carbonyl (C=O) groups is 1. The van der Waals surface area contributed by atoms with E-state index in [4.69, 9.17) is 0 Å². The van der Waals surface area contributed by atoms with Gasteiger partial charge < -0.3 is 5.32 Å². The number of hydrogen-bond donors (Lipinski definition) is 1. The predicted octanol–water partition coefficient (Wildman–Crippen LogP) is 3.19. The molecule has 13 heavy (non-hydrogen) atoms. The summed E-state index contributed by atoms with van der Waals surface area (Å²) in [7, 11) is 0. The number of allylic oxidation sites excluding steroid dienone is 1. The monoisotopic (exact) mass is 307 g/mol. The third kappa shape index (κ3) is 2.95. The number of rotatable bonds is 3. The minimum atomic E-state index is 0.0276. The Labute approximate surface area is 94.7 Å². The Hall–Kier alpha value is -0.0900. The minimum Gasteiger partial charge on any atom is -0.321 e. The number of halogens is 2. The molecule has 0 spiro atoms. The summed E-state index contributed by atoms with van der Waals surface area (Å²) in [6.45, 7) is 2.12. The summed E-state index contributed by atoms with van der Waals surface area (Å²) < 4.78 is 0.792. The summed E-state index contributed by atoms with van der Waals surface area (Å²) in [6.07, 6.45) is 4.92. The third-order valence-corrected chi connectivity index (χ3v) is 2.72. The first kappa shape index (κ1) is 11.0. The minimum absolute atomic E-state index is 0.0276. The lowest BCUT2D eigenvalue weighted by molar-refractivity contribution is -0.116. The van der Waals surface area contributed by atoms with E-state index in [0.717, 1.165) is 33.9 Å². The summed E-state index contributed by atoms with van der Waals surface area (Å²) in [4.78, 5) is 11.3. The molecule has 4 heteroatoms. The first-order valence-electron chi connectivity index (χ1n) is 4.22. The van der Waals surface area contributed by atoms with Gasteiger partial charge in [0.2, 0.25) is 0 Å². The van der Waals surface area contributed by atoms with E-state index in [0.29, 0.717) is 0 Å². The van der Waals surface area contributed by atoms with E-state index in [9.17, 15) is 4.79 Å². The van der Waals surface area contributed by atoms with Crippen LogP contribution in [0.15, 0.2) is 20.7 Å². The van der Waals surface area contributed by atoms with Crippen molar-refractivity contribution in [1.29, 1.82) is 0 Å². The van der Waals surface area contributed by atoms with Crippen LogP contribution in [0.1, 0.15) is 26.2 Å². The molecule has 1 amide bonds. The molecule has 0 atom stereocenters. The second-order valence-corrected chi connectivity index (χ2v) is 5.55. The lowest BCUT2D eigenvalue weighted by Crippen LogP contribution is -2.16. The van der Waals surface area contributed by atoms with Gasteiger partial charge in [-0.2, -0.15) is 0 Å². The molecule has 0 fully saturated rings. The summed E-state index contributed by atoms with van der Waals surface area (Å²) in [5.41, 5.74) is 1.68. The lowest BCUT2D eigenvalue weighted by Gasteiger charge is -1.97. The number of nitrogens with one attached hydrogen (secondary N) is 1. The molecule has 1 rings (SSSR count). The van der Waals surface area contributed by atoms with E-state index in [1.807, 2.05) is 6.08 Å². The molecule has 0 aromatic carbocycles. The first-order valence-corrected chi connectivity index (χ1v) is 5.81. The molecule has 1 N–H and O–H groups in total. The summed E-state index contributed by atoms with van der Waals surface area (Å²) in [5, 5.41) is 2.77. The second kappa shape index (κ2) is 4.96. The van der Waals surface area contributed by atoms with Gasteiger partial charge in [0.05, 0.1) is 9.09 Å². The van der Waals surface area contributed by atoms with Gasteiger partial charge in [-0.25, -0.2) is 0 Å². The van der Waals surface area contributed by atoms with Crippen molar-refractivity contribution in [1.82, 2.24) is 5.32 Å². The number of carbonyl (C=O) groups excluding carboxylic acids is 1. The fourth-order valence-corrected chi connectivity index (χ4v) is 1.56. The molecular formula is C9H11Br2NO. The number of unbranched alkanes of at least 4 members (excludes halogenated alkanes) is 1. The molecule has 0 radical (unpaired) electrons. The van der Waals surface area contributed by atoms with Crippen LogP contribution in [0.2, 0.25) is 0 Å². The second-order valence-electron chi connectivity index (χ2n) is 2.90. The Balaban J connectivity index is 2.69. The Morgan fingerprint density at radius 1 is 1.54 bits per heavy atom. The Bertz CT molecular complexity index is 277. The molecule has 0 bridgehead atoms. The van der Waals surface area contributed by atoms with Gasteiger partial charge in [0.15, 0.2) is 0 Å². The van der Waals surface area contributed by atoms with Gasteiger partial charge >= 0.3 is 0 Å². The number of amides is 1. The number of hydrogen-bond acceptors (Lipinski definition) is 1. The molecule has 1 aliphatic rings. The van der Waals surface area contributed by atoms with Crippen LogP contribution in [0.3, 0.4) is 0 Å². The van der Waals surface area contributed by atoms with E-state index in [-0.39, 0.29) is 5.91 Å². The zero-order valence-corrected chi connectivity index (χ0v) is 10.5. The average Bonchev–Trinajstić information content (AvgIpc) is 2.44. The van der Waals surface area contributed by atoms with Crippen LogP contribution in [-0.4, -0.2) is 5.91 Å². The zero-order chi connectivity index (χ0) is 9.84. The molecule has 0 aromatic heterocycles. The van der Waals surface area contributed by atoms with Crippen LogP contribution < -0.4 is 5.32 Å². The highest BCUT2D eigenvalue weighted by Gasteiger charge is 2.18. The Kier molecular flexibility index (Phi) is 4.19. The zero-order valence-electron chi connectivity index (χ0n) is 7.36. The van der Waals surface area contributed by atoms with Gasteiger partial charge in [-0.1, -0.05) is 13.3 Å². The highest BCUT2D eigenvalue weighted by Crippen LogP contribution is 2.24. The van der Waals surface area contributed by atoms with Crippen LogP contribution in [0.4, 0.5) is 0 Å². The molecule has 0 unspecified atom stereocenters. The van der Waals surface area contributed by atoms with Gasteiger partial charge in [-0.05, 0) is 50.8 Å². The molecule has 1 heterocycles. The Morgan fingerprint density at radius 3 is 2.69 bits per heavy atom. The van der Waals surface area contributed by atoms with Crippen LogP contribution in [0, 0.1) is 0 Å².